The van der Waals surface area contributed by atoms with Gasteiger partial charge < -0.3 is 14.0 Å². The first-order valence-electron chi connectivity index (χ1n) is 10.2. The van der Waals surface area contributed by atoms with E-state index >= 15 is 0 Å². The fourth-order valence-corrected chi connectivity index (χ4v) is 3.23. The number of rotatable bonds is 9. The lowest BCUT2D eigenvalue weighted by Crippen LogP contribution is -2.17. The van der Waals surface area contributed by atoms with Gasteiger partial charge in [0.25, 0.3) is 5.91 Å². The molecule has 0 radical (unpaired) electrons. The third-order valence-corrected chi connectivity index (χ3v) is 4.84. The molecule has 0 unspecified atom stereocenters. The lowest BCUT2D eigenvalue weighted by atomic mass is 10.2. The molecule has 3 rings (SSSR count). The van der Waals surface area contributed by atoms with Crippen LogP contribution in [0, 0.1) is 6.92 Å². The number of hydrogen-bond acceptors (Lipinski definition) is 5. The molecule has 3 aromatic rings. The maximum absolute atomic E-state index is 12.5. The predicted molar refractivity (Wildman–Crippen MR) is 119 cm³/mol. The van der Waals surface area contributed by atoms with Crippen LogP contribution in [0.25, 0.3) is 11.0 Å². The van der Waals surface area contributed by atoms with Crippen molar-refractivity contribution >= 4 is 23.2 Å². The molecule has 1 heterocycles. The fraction of sp³-hybridized carbons (Fsp3) is 0.348. The summed E-state index contributed by atoms with van der Waals surface area (Å²) in [5, 5.41) is 4.07. The van der Waals surface area contributed by atoms with Crippen LogP contribution in [0.3, 0.4) is 0 Å². The Bertz CT molecular complexity index is 1060. The molecule has 0 saturated carbocycles. The zero-order valence-corrected chi connectivity index (χ0v) is 17.9. The molecule has 1 N–H and O–H groups in total. The van der Waals surface area contributed by atoms with E-state index in [1.165, 1.54) is 0 Å². The minimum absolute atomic E-state index is 0.289. The normalized spacial score (nSPS) is 11.2. The van der Waals surface area contributed by atoms with Crippen molar-refractivity contribution in [2.75, 3.05) is 13.7 Å². The van der Waals surface area contributed by atoms with E-state index < -0.39 is 0 Å². The van der Waals surface area contributed by atoms with E-state index in [0.29, 0.717) is 23.7 Å². The number of aromatic nitrogens is 2. The third-order valence-electron chi connectivity index (χ3n) is 4.84. The van der Waals surface area contributed by atoms with Crippen molar-refractivity contribution < 1.29 is 14.3 Å². The van der Waals surface area contributed by atoms with Crippen molar-refractivity contribution in [2.24, 2.45) is 5.10 Å². The summed E-state index contributed by atoms with van der Waals surface area (Å²) in [6.45, 7) is 7.64. The minimum Gasteiger partial charge on any atom is -0.493 e. The molecule has 0 aliphatic carbocycles. The minimum atomic E-state index is -0.289. The average Bonchev–Trinajstić information content (AvgIpc) is 3.08. The number of amides is 1. The van der Waals surface area contributed by atoms with Gasteiger partial charge in [-0.1, -0.05) is 13.3 Å². The van der Waals surface area contributed by atoms with Crippen molar-refractivity contribution in [3.8, 4) is 11.5 Å². The number of imidazole rings is 1. The standard InChI is InChI=1S/C23H28N4O3/c1-5-7-12-30-21-11-8-17(13-22(21)29-4)15-24-26-23(28)18-9-10-20-19(14-18)25-16(3)27(20)6-2/h8-11,13-15H,5-7,12H2,1-4H3,(H,26,28)/b24-15+. The zero-order chi connectivity index (χ0) is 21.5. The Morgan fingerprint density at radius 1 is 1.20 bits per heavy atom. The third kappa shape index (κ3) is 4.79. The van der Waals surface area contributed by atoms with Crippen molar-refractivity contribution in [2.45, 2.75) is 40.2 Å². The van der Waals surface area contributed by atoms with E-state index in [1.54, 1.807) is 25.5 Å². The summed E-state index contributed by atoms with van der Waals surface area (Å²) >= 11 is 0. The van der Waals surface area contributed by atoms with E-state index in [0.717, 1.165) is 41.8 Å². The summed E-state index contributed by atoms with van der Waals surface area (Å²) in [5.74, 6) is 1.97. The number of benzene rings is 2. The largest absolute Gasteiger partial charge is 0.493 e. The van der Waals surface area contributed by atoms with Gasteiger partial charge in [0, 0.05) is 12.1 Å². The molecule has 7 heteroatoms. The number of nitrogens with zero attached hydrogens (tertiary/aromatic N) is 3. The van der Waals surface area contributed by atoms with Gasteiger partial charge in [0.2, 0.25) is 0 Å². The number of fused-ring (bicyclic) bond motifs is 1. The van der Waals surface area contributed by atoms with Gasteiger partial charge in [0.05, 0.1) is 31.0 Å². The molecule has 2 aromatic carbocycles. The van der Waals surface area contributed by atoms with Crippen LogP contribution in [-0.4, -0.2) is 35.4 Å². The Kier molecular flexibility index (Phi) is 7.06. The summed E-state index contributed by atoms with van der Waals surface area (Å²) in [4.78, 5) is 17.0. The summed E-state index contributed by atoms with van der Waals surface area (Å²) in [6, 6.07) is 11.0. The number of aryl methyl sites for hydroxylation is 2. The highest BCUT2D eigenvalue weighted by Gasteiger charge is 2.10. The topological polar surface area (TPSA) is 77.7 Å². The number of unbranched alkanes of at least 4 members (excludes halogenated alkanes) is 1. The molecule has 0 atom stereocenters. The molecule has 0 fully saturated rings. The lowest BCUT2D eigenvalue weighted by molar-refractivity contribution is 0.0955. The Morgan fingerprint density at radius 3 is 2.77 bits per heavy atom. The molecule has 1 aromatic heterocycles. The highest BCUT2D eigenvalue weighted by molar-refractivity contribution is 5.98. The first-order valence-corrected chi connectivity index (χ1v) is 10.2. The molecule has 0 saturated heterocycles. The average molecular weight is 409 g/mol. The van der Waals surface area contributed by atoms with Gasteiger partial charge in [-0.2, -0.15) is 5.10 Å². The maximum atomic E-state index is 12.5. The number of methoxy groups -OCH3 is 1. The molecule has 1 amide bonds. The van der Waals surface area contributed by atoms with Crippen LogP contribution in [0.15, 0.2) is 41.5 Å². The van der Waals surface area contributed by atoms with Crippen molar-refractivity contribution in [1.82, 2.24) is 15.0 Å². The molecule has 0 bridgehead atoms. The second-order valence-corrected chi connectivity index (χ2v) is 6.92. The monoisotopic (exact) mass is 408 g/mol. The van der Waals surface area contributed by atoms with Crippen LogP contribution in [-0.2, 0) is 6.54 Å². The molecule has 0 aliphatic heterocycles. The quantitative estimate of drug-likeness (QED) is 0.325. The van der Waals surface area contributed by atoms with Crippen LogP contribution in [0.5, 0.6) is 11.5 Å². The van der Waals surface area contributed by atoms with Crippen LogP contribution in [0.1, 0.15) is 48.4 Å². The van der Waals surface area contributed by atoms with Gasteiger partial charge in [-0.15, -0.1) is 0 Å². The van der Waals surface area contributed by atoms with Gasteiger partial charge in [0.15, 0.2) is 11.5 Å². The van der Waals surface area contributed by atoms with E-state index in [2.05, 4.69) is 33.9 Å². The summed E-state index contributed by atoms with van der Waals surface area (Å²) in [5.41, 5.74) is 5.69. The van der Waals surface area contributed by atoms with Gasteiger partial charge in [-0.05, 0) is 62.2 Å². The van der Waals surface area contributed by atoms with Crippen LogP contribution in [0.4, 0.5) is 0 Å². The second-order valence-electron chi connectivity index (χ2n) is 6.92. The second kappa shape index (κ2) is 9.91. The van der Waals surface area contributed by atoms with E-state index in [4.69, 9.17) is 9.47 Å². The lowest BCUT2D eigenvalue weighted by Gasteiger charge is -2.10. The Morgan fingerprint density at radius 2 is 2.03 bits per heavy atom. The van der Waals surface area contributed by atoms with Gasteiger partial charge >= 0.3 is 0 Å². The number of hydrogen-bond donors (Lipinski definition) is 1. The maximum Gasteiger partial charge on any atom is 0.271 e. The molecule has 0 spiro atoms. The molecule has 158 valence electrons. The molecule has 0 aliphatic rings. The zero-order valence-electron chi connectivity index (χ0n) is 17.9. The molecular weight excluding hydrogens is 380 g/mol. The predicted octanol–water partition coefficient (Wildman–Crippen LogP) is 4.32. The van der Waals surface area contributed by atoms with Gasteiger partial charge in [0.1, 0.15) is 5.82 Å². The van der Waals surface area contributed by atoms with Crippen molar-refractivity contribution in [3.05, 3.63) is 53.3 Å². The summed E-state index contributed by atoms with van der Waals surface area (Å²) in [7, 11) is 1.60. The summed E-state index contributed by atoms with van der Waals surface area (Å²) in [6.07, 6.45) is 3.63. The molecule has 30 heavy (non-hydrogen) atoms. The molecular formula is C23H28N4O3. The number of nitrogens with one attached hydrogen (secondary N) is 1. The number of carbonyl (C=O) groups is 1. The number of carbonyl (C=O) groups excluding carboxylic acids is 1. The van der Waals surface area contributed by atoms with E-state index in [9.17, 15) is 4.79 Å². The molecule has 7 nitrogen and oxygen atoms in total. The smallest absolute Gasteiger partial charge is 0.271 e. The number of hydrazone groups is 1. The van der Waals surface area contributed by atoms with E-state index in [1.807, 2.05) is 31.2 Å². The van der Waals surface area contributed by atoms with Gasteiger partial charge in [-0.25, -0.2) is 10.4 Å². The van der Waals surface area contributed by atoms with Crippen LogP contribution < -0.4 is 14.9 Å². The first-order chi connectivity index (χ1) is 14.6. The van der Waals surface area contributed by atoms with Crippen LogP contribution >= 0.6 is 0 Å². The van der Waals surface area contributed by atoms with Gasteiger partial charge in [-0.3, -0.25) is 4.79 Å². The van der Waals surface area contributed by atoms with Crippen molar-refractivity contribution in [1.29, 1.82) is 0 Å². The number of ether oxygens (including phenoxy) is 2. The van der Waals surface area contributed by atoms with Crippen molar-refractivity contribution in [3.63, 3.8) is 0 Å². The Balaban J connectivity index is 1.67. The Labute approximate surface area is 176 Å². The fourth-order valence-electron chi connectivity index (χ4n) is 3.23. The van der Waals surface area contributed by atoms with E-state index in [-0.39, 0.29) is 5.91 Å². The van der Waals surface area contributed by atoms with Crippen LogP contribution in [0.2, 0.25) is 0 Å². The highest BCUT2D eigenvalue weighted by atomic mass is 16.5. The highest BCUT2D eigenvalue weighted by Crippen LogP contribution is 2.27. The summed E-state index contributed by atoms with van der Waals surface area (Å²) < 4.78 is 13.2. The Hall–Kier alpha value is -3.35. The first kappa shape index (κ1) is 21.4. The SMILES string of the molecule is CCCCOc1ccc(/C=N/NC(=O)c2ccc3c(c2)nc(C)n3CC)cc1OC.